The summed E-state index contributed by atoms with van der Waals surface area (Å²) in [5.74, 6) is -0.267. The molecular weight excluding hydrogens is 144 g/mol. The Morgan fingerprint density at radius 2 is 2.27 bits per heavy atom. The molecule has 1 fully saturated rings. The van der Waals surface area contributed by atoms with Gasteiger partial charge in [-0.25, -0.2) is 0 Å². The number of nitrogens with one attached hydrogen (secondary N) is 1. The number of carbonyl (C=O) groups is 2. The highest BCUT2D eigenvalue weighted by Crippen LogP contribution is 2.17. The van der Waals surface area contributed by atoms with Crippen molar-refractivity contribution in [3.63, 3.8) is 0 Å². The van der Waals surface area contributed by atoms with Crippen LogP contribution in [0.25, 0.3) is 0 Å². The molecule has 0 aromatic rings. The molecule has 0 aromatic heterocycles. The summed E-state index contributed by atoms with van der Waals surface area (Å²) in [7, 11) is 1.71. The summed E-state index contributed by atoms with van der Waals surface area (Å²) in [6.45, 7) is 2.11. The van der Waals surface area contributed by atoms with E-state index in [2.05, 4.69) is 5.32 Å². The molecule has 1 heterocycles. The van der Waals surface area contributed by atoms with Crippen molar-refractivity contribution in [2.45, 2.75) is 13.3 Å². The molecule has 4 nitrogen and oxygen atoms in total. The zero-order chi connectivity index (χ0) is 8.43. The molecule has 62 valence electrons. The maximum Gasteiger partial charge on any atom is 0.233 e. The van der Waals surface area contributed by atoms with Crippen molar-refractivity contribution >= 4 is 11.8 Å². The van der Waals surface area contributed by atoms with Gasteiger partial charge in [0.15, 0.2) is 0 Å². The van der Waals surface area contributed by atoms with E-state index in [1.54, 1.807) is 14.0 Å². The van der Waals surface area contributed by atoms with Gasteiger partial charge in [-0.1, -0.05) is 6.92 Å². The van der Waals surface area contributed by atoms with Crippen LogP contribution in [0, 0.1) is 5.92 Å². The van der Waals surface area contributed by atoms with Crippen LogP contribution in [0.1, 0.15) is 13.3 Å². The quantitative estimate of drug-likeness (QED) is 0.551. The second-order valence-electron chi connectivity index (χ2n) is 2.78. The lowest BCUT2D eigenvalue weighted by Crippen LogP contribution is -2.37. The first kappa shape index (κ1) is 8.20. The monoisotopic (exact) mass is 156 g/mol. The van der Waals surface area contributed by atoms with Crippen molar-refractivity contribution in [3.05, 3.63) is 0 Å². The average Bonchev–Trinajstić information content (AvgIpc) is 2.17. The van der Waals surface area contributed by atoms with E-state index in [1.165, 1.54) is 4.90 Å². The third kappa shape index (κ3) is 1.40. The Labute approximate surface area is 65.6 Å². The molecule has 1 N–H and O–H groups in total. The van der Waals surface area contributed by atoms with Crippen LogP contribution in [0.2, 0.25) is 0 Å². The predicted molar refractivity (Wildman–Crippen MR) is 39.6 cm³/mol. The predicted octanol–water partition coefficient (Wildman–Crippen LogP) is -0.442. The minimum atomic E-state index is -0.129. The van der Waals surface area contributed by atoms with Crippen molar-refractivity contribution < 1.29 is 9.59 Å². The summed E-state index contributed by atoms with van der Waals surface area (Å²) in [5, 5.41) is 2.78. The molecule has 0 aliphatic carbocycles. The molecule has 0 saturated carbocycles. The van der Waals surface area contributed by atoms with E-state index in [4.69, 9.17) is 0 Å². The molecule has 1 saturated heterocycles. The Kier molecular flexibility index (Phi) is 2.24. The fourth-order valence-corrected chi connectivity index (χ4v) is 1.17. The van der Waals surface area contributed by atoms with Crippen LogP contribution >= 0.6 is 0 Å². The molecule has 11 heavy (non-hydrogen) atoms. The maximum absolute atomic E-state index is 11.2. The summed E-state index contributed by atoms with van der Waals surface area (Å²) < 4.78 is 0. The smallest absolute Gasteiger partial charge is 0.233 e. The topological polar surface area (TPSA) is 49.4 Å². The van der Waals surface area contributed by atoms with Gasteiger partial charge in [0.25, 0.3) is 0 Å². The van der Waals surface area contributed by atoms with Gasteiger partial charge < -0.3 is 5.32 Å². The van der Waals surface area contributed by atoms with Gasteiger partial charge in [0, 0.05) is 12.3 Å². The minimum absolute atomic E-state index is 0.0654. The van der Waals surface area contributed by atoms with Crippen LogP contribution in [0.15, 0.2) is 0 Å². The number of hydrogen-bond donors (Lipinski definition) is 1. The van der Waals surface area contributed by atoms with Crippen molar-refractivity contribution in [2.75, 3.05) is 13.7 Å². The molecule has 1 unspecified atom stereocenters. The molecule has 0 spiro atoms. The second-order valence-corrected chi connectivity index (χ2v) is 2.78. The molecule has 0 bridgehead atoms. The zero-order valence-corrected chi connectivity index (χ0v) is 6.76. The fraction of sp³-hybridized carbons (Fsp3) is 0.714. The Morgan fingerprint density at radius 1 is 1.64 bits per heavy atom. The molecule has 1 rings (SSSR count). The first-order valence-electron chi connectivity index (χ1n) is 3.65. The van der Waals surface area contributed by atoms with Gasteiger partial charge in [-0.05, 0) is 7.05 Å². The van der Waals surface area contributed by atoms with Crippen molar-refractivity contribution in [1.29, 1.82) is 0 Å². The number of rotatable bonds is 2. The van der Waals surface area contributed by atoms with Gasteiger partial charge in [0.2, 0.25) is 11.8 Å². The van der Waals surface area contributed by atoms with E-state index in [9.17, 15) is 9.59 Å². The third-order valence-corrected chi connectivity index (χ3v) is 1.79. The molecule has 4 heteroatoms. The minimum Gasteiger partial charge on any atom is -0.302 e. The molecule has 1 aliphatic rings. The first-order chi connectivity index (χ1) is 5.16. The highest BCUT2D eigenvalue weighted by Gasteiger charge is 2.34. The number of likely N-dealkylation sites (tertiary alicyclic amines) is 1. The summed E-state index contributed by atoms with van der Waals surface area (Å²) in [4.78, 5) is 23.5. The molecule has 1 atom stereocenters. The van der Waals surface area contributed by atoms with E-state index >= 15 is 0 Å². The van der Waals surface area contributed by atoms with Crippen LogP contribution in [-0.2, 0) is 9.59 Å². The number of amides is 2. The molecule has 2 amide bonds. The highest BCUT2D eigenvalue weighted by molar-refractivity contribution is 6.03. The van der Waals surface area contributed by atoms with Crippen LogP contribution < -0.4 is 5.32 Å². The molecule has 1 aliphatic heterocycles. The van der Waals surface area contributed by atoms with E-state index < -0.39 is 0 Å². The van der Waals surface area contributed by atoms with Crippen LogP contribution in [-0.4, -0.2) is 30.4 Å². The standard InChI is InChI=1S/C7H12N2O2/c1-5-3-6(10)9(4-8-2)7(5)11/h5,8H,3-4H2,1-2H3. The van der Waals surface area contributed by atoms with Gasteiger partial charge in [-0.15, -0.1) is 0 Å². The Morgan fingerprint density at radius 3 is 2.64 bits per heavy atom. The lowest BCUT2D eigenvalue weighted by molar-refractivity contribution is -0.139. The van der Waals surface area contributed by atoms with Crippen molar-refractivity contribution in [2.24, 2.45) is 5.92 Å². The van der Waals surface area contributed by atoms with Gasteiger partial charge in [-0.3, -0.25) is 14.5 Å². The van der Waals surface area contributed by atoms with Gasteiger partial charge in [0.05, 0.1) is 6.67 Å². The summed E-state index contributed by atoms with van der Waals surface area (Å²) in [5.41, 5.74) is 0. The second kappa shape index (κ2) is 3.00. The number of imide groups is 1. The molecular formula is C7H12N2O2. The van der Waals surface area contributed by atoms with Gasteiger partial charge in [0.1, 0.15) is 0 Å². The summed E-state index contributed by atoms with van der Waals surface area (Å²) >= 11 is 0. The number of carbonyl (C=O) groups excluding carboxylic acids is 2. The van der Waals surface area contributed by atoms with Crippen molar-refractivity contribution in [3.8, 4) is 0 Å². The highest BCUT2D eigenvalue weighted by atomic mass is 16.2. The third-order valence-electron chi connectivity index (χ3n) is 1.79. The molecule has 0 radical (unpaired) electrons. The Hall–Kier alpha value is -0.900. The molecule has 0 aromatic carbocycles. The lowest BCUT2D eigenvalue weighted by Gasteiger charge is -2.12. The van der Waals surface area contributed by atoms with Gasteiger partial charge >= 0.3 is 0 Å². The van der Waals surface area contributed by atoms with Crippen LogP contribution in [0.3, 0.4) is 0 Å². The van der Waals surface area contributed by atoms with Crippen LogP contribution in [0.5, 0.6) is 0 Å². The van der Waals surface area contributed by atoms with Crippen LogP contribution in [0.4, 0.5) is 0 Å². The maximum atomic E-state index is 11.2. The largest absolute Gasteiger partial charge is 0.302 e. The van der Waals surface area contributed by atoms with E-state index in [0.29, 0.717) is 13.1 Å². The van der Waals surface area contributed by atoms with Gasteiger partial charge in [-0.2, -0.15) is 0 Å². The Balaban J connectivity index is 2.64. The normalized spacial score (nSPS) is 24.9. The van der Waals surface area contributed by atoms with E-state index in [1.807, 2.05) is 0 Å². The Bertz CT molecular complexity index is 191. The van der Waals surface area contributed by atoms with E-state index in [0.717, 1.165) is 0 Å². The zero-order valence-electron chi connectivity index (χ0n) is 6.76. The van der Waals surface area contributed by atoms with Crippen molar-refractivity contribution in [1.82, 2.24) is 10.2 Å². The summed E-state index contributed by atoms with van der Waals surface area (Å²) in [6.07, 6.45) is 0.362. The number of hydrogen-bond acceptors (Lipinski definition) is 3. The summed E-state index contributed by atoms with van der Waals surface area (Å²) in [6, 6.07) is 0. The lowest BCUT2D eigenvalue weighted by atomic mass is 10.1. The average molecular weight is 156 g/mol. The number of nitrogens with zero attached hydrogens (tertiary/aromatic N) is 1. The fourth-order valence-electron chi connectivity index (χ4n) is 1.17. The SMILES string of the molecule is CNCN1C(=O)CC(C)C1=O. The first-order valence-corrected chi connectivity index (χ1v) is 3.65. The van der Waals surface area contributed by atoms with E-state index in [-0.39, 0.29) is 17.7 Å².